The first-order valence-electron chi connectivity index (χ1n) is 6.36. The number of benzene rings is 1. The molecule has 3 rings (SSSR count). The van der Waals surface area contributed by atoms with Crippen LogP contribution in [-0.2, 0) is 15.5 Å². The van der Waals surface area contributed by atoms with Crippen LogP contribution in [0.5, 0.6) is 0 Å². The number of halogens is 1. The molecule has 0 aromatic heterocycles. The van der Waals surface area contributed by atoms with Crippen molar-refractivity contribution in [3.63, 3.8) is 0 Å². The maximum Gasteiger partial charge on any atom is 0.146 e. The Bertz CT molecular complexity index is 666. The van der Waals surface area contributed by atoms with E-state index in [1.165, 1.54) is 6.26 Å². The highest BCUT2D eigenvalue weighted by atomic mass is 35.5. The van der Waals surface area contributed by atoms with Gasteiger partial charge in [0.15, 0.2) is 0 Å². The van der Waals surface area contributed by atoms with Crippen LogP contribution in [0, 0.1) is 0 Å². The molecule has 4 heteroatoms. The molecule has 1 unspecified atom stereocenters. The zero-order valence-corrected chi connectivity index (χ0v) is 12.3. The average Bonchev–Trinajstić information content (AvgIpc) is 2.49. The van der Waals surface area contributed by atoms with Crippen LogP contribution in [0.3, 0.4) is 0 Å². The second-order valence-electron chi connectivity index (χ2n) is 4.51. The standard InChI is InChI=1S/C16H13ClO2S/c17-14-8-6-13(7-9-14)16-15(19-10-11-20(16)18)12-4-2-1-3-5-12/h1-2,4,6-11H,3,5H2. The van der Waals surface area contributed by atoms with E-state index in [1.54, 1.807) is 17.5 Å². The average molecular weight is 305 g/mol. The molecule has 0 radical (unpaired) electrons. The number of allylic oxidation sites excluding steroid dienone is 4. The van der Waals surface area contributed by atoms with Gasteiger partial charge in [0.25, 0.3) is 0 Å². The topological polar surface area (TPSA) is 26.3 Å². The van der Waals surface area contributed by atoms with E-state index in [0.717, 1.165) is 24.0 Å². The van der Waals surface area contributed by atoms with Crippen LogP contribution >= 0.6 is 11.6 Å². The van der Waals surface area contributed by atoms with Crippen LogP contribution in [0.25, 0.3) is 4.91 Å². The Kier molecular flexibility index (Phi) is 3.90. The molecular weight excluding hydrogens is 292 g/mol. The van der Waals surface area contributed by atoms with Gasteiger partial charge in [0.2, 0.25) is 0 Å². The summed E-state index contributed by atoms with van der Waals surface area (Å²) in [6.45, 7) is 0. The summed E-state index contributed by atoms with van der Waals surface area (Å²) >= 11 is 5.91. The van der Waals surface area contributed by atoms with E-state index in [2.05, 4.69) is 6.08 Å². The van der Waals surface area contributed by atoms with Crippen molar-refractivity contribution in [3.05, 3.63) is 76.1 Å². The number of ether oxygens (including phenoxy) is 1. The molecule has 1 aliphatic heterocycles. The lowest BCUT2D eigenvalue weighted by atomic mass is 10.0. The minimum absolute atomic E-state index is 0.661. The molecule has 102 valence electrons. The second kappa shape index (κ2) is 5.81. The molecule has 1 aliphatic carbocycles. The Labute approximate surface area is 125 Å². The lowest BCUT2D eigenvalue weighted by Crippen LogP contribution is -2.06. The second-order valence-corrected chi connectivity index (χ2v) is 6.22. The Morgan fingerprint density at radius 2 is 2.00 bits per heavy atom. The smallest absolute Gasteiger partial charge is 0.146 e. The summed E-state index contributed by atoms with van der Waals surface area (Å²) < 4.78 is 18.0. The summed E-state index contributed by atoms with van der Waals surface area (Å²) in [6.07, 6.45) is 9.52. The molecule has 0 amide bonds. The van der Waals surface area contributed by atoms with Crippen LogP contribution in [0.15, 0.2) is 65.5 Å². The van der Waals surface area contributed by atoms with Crippen LogP contribution < -0.4 is 0 Å². The van der Waals surface area contributed by atoms with Gasteiger partial charge >= 0.3 is 0 Å². The largest absolute Gasteiger partial charge is 0.463 e. The van der Waals surface area contributed by atoms with Gasteiger partial charge in [-0.15, -0.1) is 0 Å². The third kappa shape index (κ3) is 2.65. The van der Waals surface area contributed by atoms with Crippen molar-refractivity contribution < 1.29 is 8.95 Å². The van der Waals surface area contributed by atoms with Gasteiger partial charge in [0, 0.05) is 10.4 Å². The zero-order chi connectivity index (χ0) is 13.9. The molecule has 20 heavy (non-hydrogen) atoms. The van der Waals surface area contributed by atoms with Crippen LogP contribution in [-0.4, -0.2) is 4.21 Å². The van der Waals surface area contributed by atoms with Crippen molar-refractivity contribution in [1.29, 1.82) is 0 Å². The fourth-order valence-electron chi connectivity index (χ4n) is 2.22. The Hall–Kier alpha value is -1.58. The normalized spacial score (nSPS) is 21.6. The molecule has 1 atom stereocenters. The highest BCUT2D eigenvalue weighted by Crippen LogP contribution is 2.34. The Morgan fingerprint density at radius 3 is 2.70 bits per heavy atom. The molecule has 0 spiro atoms. The van der Waals surface area contributed by atoms with Gasteiger partial charge in [-0.05, 0) is 36.1 Å². The number of rotatable bonds is 2. The number of hydrogen-bond donors (Lipinski definition) is 0. The summed E-state index contributed by atoms with van der Waals surface area (Å²) in [4.78, 5) is 0.714. The predicted molar refractivity (Wildman–Crippen MR) is 83.2 cm³/mol. The van der Waals surface area contributed by atoms with Crippen molar-refractivity contribution in [3.8, 4) is 0 Å². The van der Waals surface area contributed by atoms with Gasteiger partial charge in [0.1, 0.15) is 12.0 Å². The molecule has 0 saturated heterocycles. The summed E-state index contributed by atoms with van der Waals surface area (Å²) in [6, 6.07) is 7.34. The predicted octanol–water partition coefficient (Wildman–Crippen LogP) is 4.54. The molecule has 2 nitrogen and oxygen atoms in total. The number of hydrogen-bond acceptors (Lipinski definition) is 2. The highest BCUT2D eigenvalue weighted by Gasteiger charge is 2.22. The fraction of sp³-hybridized carbons (Fsp3) is 0.125. The molecular formula is C16H13ClO2S. The van der Waals surface area contributed by atoms with Crippen molar-refractivity contribution in [1.82, 2.24) is 0 Å². The third-order valence-corrected chi connectivity index (χ3v) is 4.62. The fourth-order valence-corrected chi connectivity index (χ4v) is 3.37. The summed E-state index contributed by atoms with van der Waals surface area (Å²) in [7, 11) is -1.20. The van der Waals surface area contributed by atoms with E-state index in [1.807, 2.05) is 24.3 Å². The Balaban J connectivity index is 2.11. The van der Waals surface area contributed by atoms with Crippen LogP contribution in [0.2, 0.25) is 5.02 Å². The lowest BCUT2D eigenvalue weighted by molar-refractivity contribution is 0.360. The van der Waals surface area contributed by atoms with E-state index in [0.29, 0.717) is 15.7 Å². The van der Waals surface area contributed by atoms with Gasteiger partial charge in [-0.3, -0.25) is 0 Å². The van der Waals surface area contributed by atoms with Crippen molar-refractivity contribution in [2.75, 3.05) is 0 Å². The van der Waals surface area contributed by atoms with E-state index in [9.17, 15) is 4.21 Å². The first-order chi connectivity index (χ1) is 9.75. The first kappa shape index (κ1) is 13.4. The van der Waals surface area contributed by atoms with E-state index in [-0.39, 0.29) is 0 Å². The minimum Gasteiger partial charge on any atom is -0.463 e. The third-order valence-electron chi connectivity index (χ3n) is 3.18. The maximum atomic E-state index is 12.3. The van der Waals surface area contributed by atoms with E-state index < -0.39 is 10.8 Å². The SMILES string of the molecule is O=S1C=COC(C2=CC=CCC2)=C1c1ccc(Cl)cc1. The van der Waals surface area contributed by atoms with Gasteiger partial charge in [-0.2, -0.15) is 0 Å². The quantitative estimate of drug-likeness (QED) is 0.802. The summed E-state index contributed by atoms with van der Waals surface area (Å²) in [5.74, 6) is 0.706. The Morgan fingerprint density at radius 1 is 1.20 bits per heavy atom. The first-order valence-corrected chi connectivity index (χ1v) is 7.95. The van der Waals surface area contributed by atoms with Crippen molar-refractivity contribution in [2.24, 2.45) is 0 Å². The van der Waals surface area contributed by atoms with Crippen molar-refractivity contribution >= 4 is 27.3 Å². The molecule has 0 bridgehead atoms. The molecule has 0 N–H and O–H groups in total. The molecule has 1 aromatic rings. The van der Waals surface area contributed by atoms with Gasteiger partial charge in [0.05, 0.1) is 15.7 Å². The molecule has 0 saturated carbocycles. The van der Waals surface area contributed by atoms with E-state index >= 15 is 0 Å². The zero-order valence-electron chi connectivity index (χ0n) is 10.7. The van der Waals surface area contributed by atoms with Crippen LogP contribution in [0.4, 0.5) is 0 Å². The van der Waals surface area contributed by atoms with Gasteiger partial charge < -0.3 is 4.74 Å². The molecule has 1 aromatic carbocycles. The van der Waals surface area contributed by atoms with Crippen LogP contribution in [0.1, 0.15) is 18.4 Å². The van der Waals surface area contributed by atoms with Gasteiger partial charge in [-0.25, -0.2) is 4.21 Å². The monoisotopic (exact) mass is 304 g/mol. The molecule has 0 fully saturated rings. The highest BCUT2D eigenvalue weighted by molar-refractivity contribution is 7.97. The lowest BCUT2D eigenvalue weighted by Gasteiger charge is -2.20. The van der Waals surface area contributed by atoms with E-state index in [4.69, 9.17) is 16.3 Å². The van der Waals surface area contributed by atoms with Crippen molar-refractivity contribution in [2.45, 2.75) is 12.8 Å². The summed E-state index contributed by atoms with van der Waals surface area (Å²) in [5.41, 5.74) is 1.96. The van der Waals surface area contributed by atoms with Gasteiger partial charge in [-0.1, -0.05) is 42.0 Å². The summed E-state index contributed by atoms with van der Waals surface area (Å²) in [5, 5.41) is 2.22. The molecule has 1 heterocycles. The minimum atomic E-state index is -1.20. The molecule has 2 aliphatic rings. The maximum absolute atomic E-state index is 12.3.